The van der Waals surface area contributed by atoms with Crippen LogP contribution >= 0.6 is 0 Å². The van der Waals surface area contributed by atoms with E-state index in [1.165, 1.54) is 19.4 Å². The summed E-state index contributed by atoms with van der Waals surface area (Å²) in [7, 11) is 1.40. The Morgan fingerprint density at radius 3 is 2.95 bits per heavy atom. The molecule has 0 bridgehead atoms. The van der Waals surface area contributed by atoms with Crippen molar-refractivity contribution in [2.24, 2.45) is 0 Å². The van der Waals surface area contributed by atoms with Crippen molar-refractivity contribution in [3.8, 4) is 6.01 Å². The van der Waals surface area contributed by atoms with Crippen LogP contribution < -0.4 is 10.1 Å². The monoisotopic (exact) mass is 292 g/mol. The van der Waals surface area contributed by atoms with Crippen LogP contribution in [-0.2, 0) is 0 Å². The predicted molar refractivity (Wildman–Crippen MR) is 70.2 cm³/mol. The number of nitro groups is 1. The van der Waals surface area contributed by atoms with E-state index in [4.69, 9.17) is 4.74 Å². The van der Waals surface area contributed by atoms with Crippen molar-refractivity contribution in [3.05, 3.63) is 28.1 Å². The van der Waals surface area contributed by atoms with Crippen LogP contribution in [0.3, 0.4) is 0 Å². The van der Waals surface area contributed by atoms with Gasteiger partial charge < -0.3 is 9.30 Å². The standard InChI is InChI=1S/C11H12N6O4/c1-21-11-13-10(14-15-11)12-9(18)8-4-7(17(19)20)5-16(8)6-2-3-6/h4-6H,2-3H2,1H3,(H2,12,13,14,15,18). The molecule has 10 heteroatoms. The smallest absolute Gasteiger partial charge is 0.336 e. The van der Waals surface area contributed by atoms with Crippen LogP contribution in [0.1, 0.15) is 29.4 Å². The van der Waals surface area contributed by atoms with Crippen molar-refractivity contribution in [3.63, 3.8) is 0 Å². The van der Waals surface area contributed by atoms with Gasteiger partial charge in [-0.3, -0.25) is 20.2 Å². The maximum atomic E-state index is 12.2. The van der Waals surface area contributed by atoms with Gasteiger partial charge in [0, 0.05) is 12.1 Å². The summed E-state index contributed by atoms with van der Waals surface area (Å²) in [6.45, 7) is 0. The maximum Gasteiger partial charge on any atom is 0.336 e. The van der Waals surface area contributed by atoms with Crippen molar-refractivity contribution in [2.45, 2.75) is 18.9 Å². The number of nitrogens with zero attached hydrogens (tertiary/aromatic N) is 4. The molecule has 10 nitrogen and oxygen atoms in total. The summed E-state index contributed by atoms with van der Waals surface area (Å²) in [6, 6.07) is 1.49. The van der Waals surface area contributed by atoms with Crippen molar-refractivity contribution in [1.82, 2.24) is 19.7 Å². The molecule has 0 aliphatic heterocycles. The Morgan fingerprint density at radius 1 is 1.62 bits per heavy atom. The molecule has 0 radical (unpaired) electrons. The van der Waals surface area contributed by atoms with Crippen LogP contribution in [0.25, 0.3) is 0 Å². The van der Waals surface area contributed by atoms with Crippen LogP contribution in [0.15, 0.2) is 12.3 Å². The van der Waals surface area contributed by atoms with E-state index in [1.807, 2.05) is 0 Å². The average molecular weight is 292 g/mol. The highest BCUT2D eigenvalue weighted by Gasteiger charge is 2.30. The first-order valence-corrected chi connectivity index (χ1v) is 6.22. The number of aromatic nitrogens is 4. The normalized spacial score (nSPS) is 14.0. The van der Waals surface area contributed by atoms with Crippen molar-refractivity contribution < 1.29 is 14.5 Å². The first-order valence-electron chi connectivity index (χ1n) is 6.22. The molecule has 0 spiro atoms. The van der Waals surface area contributed by atoms with E-state index in [9.17, 15) is 14.9 Å². The number of nitrogens with one attached hydrogen (secondary N) is 2. The highest BCUT2D eigenvalue weighted by molar-refractivity contribution is 6.02. The van der Waals surface area contributed by atoms with Gasteiger partial charge in [0.2, 0.25) is 5.95 Å². The molecule has 2 aromatic heterocycles. The Kier molecular flexibility index (Phi) is 3.05. The fraction of sp³-hybridized carbons (Fsp3) is 0.364. The van der Waals surface area contributed by atoms with Crippen LogP contribution in [0.5, 0.6) is 6.01 Å². The van der Waals surface area contributed by atoms with Crippen LogP contribution in [-0.4, -0.2) is 37.7 Å². The Bertz CT molecular complexity index is 701. The highest BCUT2D eigenvalue weighted by Crippen LogP contribution is 2.38. The van der Waals surface area contributed by atoms with Crippen LogP contribution in [0.4, 0.5) is 11.6 Å². The third kappa shape index (κ3) is 2.55. The van der Waals surface area contributed by atoms with Gasteiger partial charge in [-0.25, -0.2) is 5.10 Å². The van der Waals surface area contributed by atoms with Gasteiger partial charge in [-0.15, -0.1) is 5.10 Å². The van der Waals surface area contributed by atoms with E-state index in [0.717, 1.165) is 12.8 Å². The molecule has 1 saturated carbocycles. The van der Waals surface area contributed by atoms with Crippen molar-refractivity contribution in [1.29, 1.82) is 0 Å². The lowest BCUT2D eigenvalue weighted by molar-refractivity contribution is -0.384. The van der Waals surface area contributed by atoms with E-state index in [-0.39, 0.29) is 29.4 Å². The van der Waals surface area contributed by atoms with E-state index in [0.29, 0.717) is 0 Å². The van der Waals surface area contributed by atoms with Crippen molar-refractivity contribution >= 4 is 17.5 Å². The van der Waals surface area contributed by atoms with E-state index in [2.05, 4.69) is 20.5 Å². The van der Waals surface area contributed by atoms with Gasteiger partial charge in [0.25, 0.3) is 11.6 Å². The number of anilines is 1. The number of H-pyrrole nitrogens is 1. The SMILES string of the molecule is COc1n[nH]c(NC(=O)c2cc([N+](=O)[O-])cn2C2CC2)n1. The third-order valence-electron chi connectivity index (χ3n) is 3.10. The molecule has 3 rings (SSSR count). The first kappa shape index (κ1) is 13.1. The number of carbonyl (C=O) groups excluding carboxylic acids is 1. The molecule has 21 heavy (non-hydrogen) atoms. The molecular weight excluding hydrogens is 280 g/mol. The molecule has 2 N–H and O–H groups in total. The summed E-state index contributed by atoms with van der Waals surface area (Å²) in [5.41, 5.74) is 0.113. The van der Waals surface area contributed by atoms with E-state index < -0.39 is 10.8 Å². The van der Waals surface area contributed by atoms with Gasteiger partial charge in [-0.1, -0.05) is 0 Å². The fourth-order valence-electron chi connectivity index (χ4n) is 1.97. The van der Waals surface area contributed by atoms with E-state index in [1.54, 1.807) is 4.57 Å². The van der Waals surface area contributed by atoms with Gasteiger partial charge in [-0.05, 0) is 12.8 Å². The summed E-state index contributed by atoms with van der Waals surface area (Å²) in [5, 5.41) is 19.5. The molecule has 1 aliphatic rings. The van der Waals surface area contributed by atoms with Crippen LogP contribution in [0.2, 0.25) is 0 Å². The molecular formula is C11H12N6O4. The Morgan fingerprint density at radius 2 is 2.38 bits per heavy atom. The highest BCUT2D eigenvalue weighted by atomic mass is 16.6. The number of aromatic amines is 1. The molecule has 110 valence electrons. The van der Waals surface area contributed by atoms with Crippen molar-refractivity contribution in [2.75, 3.05) is 12.4 Å². The third-order valence-corrected chi connectivity index (χ3v) is 3.10. The minimum absolute atomic E-state index is 0.0915. The quantitative estimate of drug-likeness (QED) is 0.627. The minimum Gasteiger partial charge on any atom is -0.466 e. The largest absolute Gasteiger partial charge is 0.466 e. The lowest BCUT2D eigenvalue weighted by Crippen LogP contribution is -2.17. The topological polar surface area (TPSA) is 128 Å². The molecule has 0 unspecified atom stereocenters. The zero-order valence-electron chi connectivity index (χ0n) is 11.1. The lowest BCUT2D eigenvalue weighted by Gasteiger charge is -2.05. The Labute approximate surface area is 118 Å². The molecule has 1 amide bonds. The molecule has 1 aliphatic carbocycles. The number of carbonyl (C=O) groups is 1. The fourth-order valence-corrected chi connectivity index (χ4v) is 1.97. The zero-order chi connectivity index (χ0) is 15.0. The lowest BCUT2D eigenvalue weighted by atomic mass is 10.4. The maximum absolute atomic E-state index is 12.2. The summed E-state index contributed by atoms with van der Waals surface area (Å²) in [6.07, 6.45) is 3.19. The van der Waals surface area contributed by atoms with Gasteiger partial charge in [-0.2, -0.15) is 4.98 Å². The molecule has 0 saturated heterocycles. The number of amides is 1. The summed E-state index contributed by atoms with van der Waals surface area (Å²) >= 11 is 0. The second-order valence-electron chi connectivity index (χ2n) is 4.60. The van der Waals surface area contributed by atoms with Crippen LogP contribution in [0, 0.1) is 10.1 Å². The second kappa shape index (κ2) is 4.89. The molecule has 2 aromatic rings. The molecule has 2 heterocycles. The van der Waals surface area contributed by atoms with Gasteiger partial charge >= 0.3 is 6.01 Å². The number of methoxy groups -OCH3 is 1. The Balaban J connectivity index is 1.84. The Hall–Kier alpha value is -2.91. The van der Waals surface area contributed by atoms with Gasteiger partial charge in [0.05, 0.1) is 18.2 Å². The number of hydrogen-bond acceptors (Lipinski definition) is 6. The van der Waals surface area contributed by atoms with Gasteiger partial charge in [0.1, 0.15) is 5.69 Å². The molecule has 1 fully saturated rings. The zero-order valence-corrected chi connectivity index (χ0v) is 11.1. The first-order chi connectivity index (χ1) is 10.1. The predicted octanol–water partition coefficient (Wildman–Crippen LogP) is 1.11. The summed E-state index contributed by atoms with van der Waals surface area (Å²) in [4.78, 5) is 26.4. The number of ether oxygens (including phenoxy) is 1. The molecule has 0 aromatic carbocycles. The second-order valence-corrected chi connectivity index (χ2v) is 4.60. The summed E-state index contributed by atoms with van der Waals surface area (Å²) in [5.74, 6) is -0.378. The minimum atomic E-state index is -0.521. The van der Waals surface area contributed by atoms with Gasteiger partial charge in [0.15, 0.2) is 0 Å². The summed E-state index contributed by atoms with van der Waals surface area (Å²) < 4.78 is 6.42. The number of rotatable bonds is 5. The average Bonchev–Trinajstić information content (AvgIpc) is 3.03. The van der Waals surface area contributed by atoms with E-state index >= 15 is 0 Å². The molecule has 0 atom stereocenters. The number of hydrogen-bond donors (Lipinski definition) is 2.